The Kier molecular flexibility index (Phi) is 5.24. The van der Waals surface area contributed by atoms with Crippen molar-refractivity contribution < 1.29 is 18.4 Å². The molecule has 2 heterocycles. The van der Waals surface area contributed by atoms with Gasteiger partial charge < -0.3 is 9.80 Å². The average molecular weight is 372 g/mol. The fourth-order valence-electron chi connectivity index (χ4n) is 3.20. The van der Waals surface area contributed by atoms with E-state index in [9.17, 15) is 18.4 Å². The number of benzene rings is 1. The molecule has 0 bridgehead atoms. The van der Waals surface area contributed by atoms with Gasteiger partial charge in [0.2, 0.25) is 11.8 Å². The number of amides is 2. The van der Waals surface area contributed by atoms with E-state index in [1.54, 1.807) is 21.9 Å². The third kappa shape index (κ3) is 4.27. The summed E-state index contributed by atoms with van der Waals surface area (Å²) in [5.74, 6) is -3.19. The summed E-state index contributed by atoms with van der Waals surface area (Å²) in [6.45, 7) is 1.06. The number of rotatable bonds is 3. The molecule has 1 unspecified atom stereocenters. The highest BCUT2D eigenvalue weighted by atomic mass is 35.5. The highest BCUT2D eigenvalue weighted by Crippen LogP contribution is 2.26. The summed E-state index contributed by atoms with van der Waals surface area (Å²) in [7, 11) is 0. The summed E-state index contributed by atoms with van der Waals surface area (Å²) in [4.78, 5) is 27.9. The second-order valence-corrected chi connectivity index (χ2v) is 6.88. The molecule has 25 heavy (non-hydrogen) atoms. The summed E-state index contributed by atoms with van der Waals surface area (Å²) >= 11 is 6.08. The lowest BCUT2D eigenvalue weighted by Crippen LogP contribution is -2.54. The van der Waals surface area contributed by atoms with Gasteiger partial charge in [-0.2, -0.15) is 0 Å². The molecule has 0 spiro atoms. The smallest absolute Gasteiger partial charge is 0.262 e. The predicted molar refractivity (Wildman–Crippen MR) is 89.7 cm³/mol. The molecule has 1 aromatic carbocycles. The molecule has 136 valence electrons. The molecule has 2 saturated heterocycles. The van der Waals surface area contributed by atoms with Crippen LogP contribution in [0.4, 0.5) is 8.78 Å². The minimum atomic E-state index is -2.83. The third-order valence-corrected chi connectivity index (χ3v) is 5.02. The number of halogens is 3. The zero-order chi connectivity index (χ0) is 18.0. The van der Waals surface area contributed by atoms with Crippen LogP contribution in [0.5, 0.6) is 0 Å². The number of hydrogen-bond donors (Lipinski definition) is 1. The van der Waals surface area contributed by atoms with Crippen LogP contribution in [0.2, 0.25) is 5.02 Å². The largest absolute Gasteiger partial charge is 0.339 e. The van der Waals surface area contributed by atoms with Crippen LogP contribution in [0, 0.1) is 0 Å². The molecule has 2 aliphatic rings. The van der Waals surface area contributed by atoms with Crippen molar-refractivity contribution in [3.63, 3.8) is 0 Å². The summed E-state index contributed by atoms with van der Waals surface area (Å²) in [5, 5.41) is 3.13. The van der Waals surface area contributed by atoms with E-state index in [0.29, 0.717) is 31.2 Å². The summed E-state index contributed by atoms with van der Waals surface area (Å²) in [6, 6.07) is 6.36. The van der Waals surface area contributed by atoms with E-state index in [4.69, 9.17) is 11.6 Å². The first kappa shape index (κ1) is 18.1. The van der Waals surface area contributed by atoms with E-state index < -0.39 is 24.9 Å². The van der Waals surface area contributed by atoms with Crippen molar-refractivity contribution in [2.45, 2.75) is 24.8 Å². The van der Waals surface area contributed by atoms with Gasteiger partial charge in [0.25, 0.3) is 5.92 Å². The Bertz CT molecular complexity index is 663. The van der Waals surface area contributed by atoms with E-state index >= 15 is 0 Å². The SMILES string of the molecule is O=C(Cc1ccccc1Cl)N1CCN(C(=O)C2CC(F)(F)CN2)CC1. The second kappa shape index (κ2) is 7.25. The van der Waals surface area contributed by atoms with Gasteiger partial charge in [0.15, 0.2) is 0 Å². The Labute approximate surface area is 149 Å². The molecular weight excluding hydrogens is 352 g/mol. The fraction of sp³-hybridized carbons (Fsp3) is 0.529. The quantitative estimate of drug-likeness (QED) is 0.877. The maximum Gasteiger partial charge on any atom is 0.262 e. The van der Waals surface area contributed by atoms with E-state index in [0.717, 1.165) is 5.56 Å². The van der Waals surface area contributed by atoms with Gasteiger partial charge >= 0.3 is 0 Å². The molecule has 0 aliphatic carbocycles. The van der Waals surface area contributed by atoms with Crippen LogP contribution in [-0.4, -0.2) is 66.3 Å². The summed E-state index contributed by atoms with van der Waals surface area (Å²) in [5.41, 5.74) is 0.769. The van der Waals surface area contributed by atoms with Gasteiger partial charge in [0, 0.05) is 37.6 Å². The van der Waals surface area contributed by atoms with Gasteiger partial charge in [-0.05, 0) is 11.6 Å². The van der Waals surface area contributed by atoms with Crippen LogP contribution >= 0.6 is 11.6 Å². The van der Waals surface area contributed by atoms with Gasteiger partial charge in [-0.1, -0.05) is 29.8 Å². The molecule has 0 aromatic heterocycles. The van der Waals surface area contributed by atoms with Gasteiger partial charge in [-0.25, -0.2) is 8.78 Å². The Morgan fingerprint density at radius 1 is 1.16 bits per heavy atom. The molecular formula is C17H20ClF2N3O2. The minimum absolute atomic E-state index is 0.0503. The number of alkyl halides is 2. The van der Waals surface area contributed by atoms with Gasteiger partial charge in [0.05, 0.1) is 19.0 Å². The highest BCUT2D eigenvalue weighted by Gasteiger charge is 2.43. The summed E-state index contributed by atoms with van der Waals surface area (Å²) in [6.07, 6.45) is -0.249. The molecule has 1 N–H and O–H groups in total. The van der Waals surface area contributed by atoms with Crippen LogP contribution in [0.25, 0.3) is 0 Å². The monoisotopic (exact) mass is 371 g/mol. The first-order valence-corrected chi connectivity index (χ1v) is 8.65. The number of hydrogen-bond acceptors (Lipinski definition) is 3. The van der Waals surface area contributed by atoms with Crippen LogP contribution in [0.15, 0.2) is 24.3 Å². The van der Waals surface area contributed by atoms with Crippen molar-refractivity contribution >= 4 is 23.4 Å². The molecule has 2 aliphatic heterocycles. The van der Waals surface area contributed by atoms with Crippen molar-refractivity contribution in [1.82, 2.24) is 15.1 Å². The van der Waals surface area contributed by atoms with E-state index in [1.165, 1.54) is 0 Å². The van der Waals surface area contributed by atoms with Crippen molar-refractivity contribution in [3.8, 4) is 0 Å². The van der Waals surface area contributed by atoms with Gasteiger partial charge in [0.1, 0.15) is 0 Å². The number of carbonyl (C=O) groups is 2. The highest BCUT2D eigenvalue weighted by molar-refractivity contribution is 6.31. The van der Waals surface area contributed by atoms with Crippen LogP contribution in [-0.2, 0) is 16.0 Å². The number of carbonyl (C=O) groups excluding carboxylic acids is 2. The molecule has 1 atom stereocenters. The molecule has 0 saturated carbocycles. The van der Waals surface area contributed by atoms with Gasteiger partial charge in [-0.15, -0.1) is 0 Å². The Hall–Kier alpha value is -1.73. The van der Waals surface area contributed by atoms with Crippen LogP contribution in [0.1, 0.15) is 12.0 Å². The molecule has 3 rings (SSSR count). The van der Waals surface area contributed by atoms with E-state index in [2.05, 4.69) is 5.32 Å². The summed E-state index contributed by atoms with van der Waals surface area (Å²) < 4.78 is 26.5. The first-order chi connectivity index (χ1) is 11.9. The first-order valence-electron chi connectivity index (χ1n) is 8.27. The molecule has 2 fully saturated rings. The molecule has 0 radical (unpaired) electrons. The van der Waals surface area contributed by atoms with Crippen molar-refractivity contribution in [3.05, 3.63) is 34.9 Å². The molecule has 5 nitrogen and oxygen atoms in total. The maximum atomic E-state index is 13.2. The number of nitrogens with one attached hydrogen (secondary N) is 1. The van der Waals surface area contributed by atoms with E-state index in [1.807, 2.05) is 12.1 Å². The normalized spacial score (nSPS) is 22.9. The lowest BCUT2D eigenvalue weighted by Gasteiger charge is -2.36. The van der Waals surface area contributed by atoms with Crippen molar-refractivity contribution in [2.24, 2.45) is 0 Å². The minimum Gasteiger partial charge on any atom is -0.339 e. The maximum absolute atomic E-state index is 13.2. The molecule has 8 heteroatoms. The van der Waals surface area contributed by atoms with Gasteiger partial charge in [-0.3, -0.25) is 14.9 Å². The fourth-order valence-corrected chi connectivity index (χ4v) is 3.41. The zero-order valence-corrected chi connectivity index (χ0v) is 14.4. The second-order valence-electron chi connectivity index (χ2n) is 6.47. The van der Waals surface area contributed by atoms with E-state index in [-0.39, 0.29) is 18.2 Å². The number of piperazine rings is 1. The molecule has 2 amide bonds. The van der Waals surface area contributed by atoms with Crippen molar-refractivity contribution in [1.29, 1.82) is 0 Å². The standard InChI is InChI=1S/C17H20ClF2N3O2/c18-13-4-2-1-3-12(13)9-15(24)22-5-7-23(8-6-22)16(25)14-10-17(19,20)11-21-14/h1-4,14,21H,5-11H2. The lowest BCUT2D eigenvalue weighted by molar-refractivity contribution is -0.140. The third-order valence-electron chi connectivity index (χ3n) is 4.65. The molecule has 1 aromatic rings. The zero-order valence-electron chi connectivity index (χ0n) is 13.7. The number of nitrogens with zero attached hydrogens (tertiary/aromatic N) is 2. The Morgan fingerprint density at radius 3 is 2.40 bits per heavy atom. The van der Waals surface area contributed by atoms with Crippen LogP contribution < -0.4 is 5.32 Å². The lowest BCUT2D eigenvalue weighted by atomic mass is 10.1. The predicted octanol–water partition coefficient (Wildman–Crippen LogP) is 1.55. The Balaban J connectivity index is 1.51. The van der Waals surface area contributed by atoms with Crippen LogP contribution in [0.3, 0.4) is 0 Å². The van der Waals surface area contributed by atoms with Crippen molar-refractivity contribution in [2.75, 3.05) is 32.7 Å². The average Bonchev–Trinajstić information content (AvgIpc) is 2.96. The topological polar surface area (TPSA) is 52.7 Å². The Morgan fingerprint density at radius 2 is 1.80 bits per heavy atom.